The number of esters is 1. The van der Waals surface area contributed by atoms with Crippen LogP contribution in [0.4, 0.5) is 5.69 Å². The predicted octanol–water partition coefficient (Wildman–Crippen LogP) is 2.16. The van der Waals surface area contributed by atoms with Crippen LogP contribution >= 0.6 is 0 Å². The molecule has 0 unspecified atom stereocenters. The highest BCUT2D eigenvalue weighted by Crippen LogP contribution is 2.23. The first kappa shape index (κ1) is 13.7. The van der Waals surface area contributed by atoms with Crippen LogP contribution in [0, 0.1) is 6.92 Å². The second-order valence-corrected chi connectivity index (χ2v) is 5.50. The van der Waals surface area contributed by atoms with Gasteiger partial charge in [-0.3, -0.25) is 4.68 Å². The number of ether oxygens (including phenoxy) is 1. The molecule has 0 bridgehead atoms. The molecule has 5 heteroatoms. The molecule has 0 spiro atoms. The van der Waals surface area contributed by atoms with Gasteiger partial charge in [-0.25, -0.2) is 4.79 Å². The number of aryl methyl sites for hydroxylation is 4. The van der Waals surface area contributed by atoms with Crippen molar-refractivity contribution >= 4 is 11.7 Å². The Bertz CT molecular complexity index is 704. The Morgan fingerprint density at radius 3 is 2.86 bits per heavy atom. The number of hydrogen-bond acceptors (Lipinski definition) is 4. The first-order valence-electron chi connectivity index (χ1n) is 7.13. The molecule has 1 aromatic carbocycles. The summed E-state index contributed by atoms with van der Waals surface area (Å²) in [4.78, 5) is 12.1. The minimum atomic E-state index is -0.434. The molecule has 0 atom stereocenters. The van der Waals surface area contributed by atoms with E-state index in [1.807, 2.05) is 6.07 Å². The van der Waals surface area contributed by atoms with Gasteiger partial charge in [0.1, 0.15) is 6.61 Å². The molecule has 2 N–H and O–H groups in total. The lowest BCUT2D eigenvalue weighted by Gasteiger charge is -2.07. The van der Waals surface area contributed by atoms with Crippen molar-refractivity contribution in [2.45, 2.75) is 32.8 Å². The number of nitrogen functional groups attached to an aromatic ring is 1. The maximum atomic E-state index is 12.1. The van der Waals surface area contributed by atoms with Crippen LogP contribution in [-0.2, 0) is 31.2 Å². The highest BCUT2D eigenvalue weighted by Gasteiger charge is 2.19. The monoisotopic (exact) mass is 285 g/mol. The summed E-state index contributed by atoms with van der Waals surface area (Å²) >= 11 is 0. The van der Waals surface area contributed by atoms with E-state index in [4.69, 9.17) is 10.5 Å². The van der Waals surface area contributed by atoms with Gasteiger partial charge >= 0.3 is 5.97 Å². The number of anilines is 1. The van der Waals surface area contributed by atoms with Gasteiger partial charge in [-0.05, 0) is 42.9 Å². The van der Waals surface area contributed by atoms with Gasteiger partial charge in [-0.1, -0.05) is 18.2 Å². The van der Waals surface area contributed by atoms with Gasteiger partial charge in [0.15, 0.2) is 5.69 Å². The molecule has 110 valence electrons. The van der Waals surface area contributed by atoms with E-state index in [0.717, 1.165) is 18.4 Å². The highest BCUT2D eigenvalue weighted by molar-refractivity contribution is 5.93. The van der Waals surface area contributed by atoms with Crippen molar-refractivity contribution in [3.05, 3.63) is 46.3 Å². The summed E-state index contributed by atoms with van der Waals surface area (Å²) < 4.78 is 6.84. The van der Waals surface area contributed by atoms with Gasteiger partial charge in [0, 0.05) is 7.05 Å². The molecule has 1 heterocycles. The lowest BCUT2D eigenvalue weighted by Crippen LogP contribution is -2.12. The fourth-order valence-corrected chi connectivity index (χ4v) is 2.85. The largest absolute Gasteiger partial charge is 0.456 e. The van der Waals surface area contributed by atoms with Crippen LogP contribution in [0.3, 0.4) is 0 Å². The highest BCUT2D eigenvalue weighted by atomic mass is 16.5. The standard InChI is InChI=1S/C16H19N3O2/c1-10-14(17)15(19(2)18-10)16(20)21-9-11-6-7-12-4-3-5-13(12)8-11/h6-8H,3-5,9,17H2,1-2H3. The van der Waals surface area contributed by atoms with Crippen LogP contribution in [0.1, 0.15) is 39.3 Å². The van der Waals surface area contributed by atoms with E-state index in [1.54, 1.807) is 14.0 Å². The third-order valence-corrected chi connectivity index (χ3v) is 3.99. The average Bonchev–Trinajstić information content (AvgIpc) is 3.01. The number of rotatable bonds is 3. The van der Waals surface area contributed by atoms with Gasteiger partial charge in [-0.2, -0.15) is 5.10 Å². The normalized spacial score (nSPS) is 13.2. The summed E-state index contributed by atoms with van der Waals surface area (Å²) in [5, 5.41) is 4.12. The minimum Gasteiger partial charge on any atom is -0.456 e. The maximum absolute atomic E-state index is 12.1. The van der Waals surface area contributed by atoms with E-state index in [1.165, 1.54) is 22.2 Å². The molecule has 0 aliphatic heterocycles. The van der Waals surface area contributed by atoms with E-state index in [-0.39, 0.29) is 6.61 Å². The molecule has 1 aliphatic rings. The molecule has 3 rings (SSSR count). The Morgan fingerprint density at radius 1 is 1.38 bits per heavy atom. The van der Waals surface area contributed by atoms with Gasteiger partial charge in [0.25, 0.3) is 0 Å². The molecule has 1 aliphatic carbocycles. The van der Waals surface area contributed by atoms with E-state index in [9.17, 15) is 4.79 Å². The number of nitrogens with two attached hydrogens (primary N) is 1. The quantitative estimate of drug-likeness (QED) is 0.877. The number of nitrogens with zero attached hydrogens (tertiary/aromatic N) is 2. The lowest BCUT2D eigenvalue weighted by molar-refractivity contribution is 0.0461. The number of carbonyl (C=O) groups excluding carboxylic acids is 1. The minimum absolute atomic E-state index is 0.260. The number of fused-ring (bicyclic) bond motifs is 1. The van der Waals surface area contributed by atoms with Gasteiger partial charge < -0.3 is 10.5 Å². The fraction of sp³-hybridized carbons (Fsp3) is 0.375. The van der Waals surface area contributed by atoms with E-state index < -0.39 is 5.97 Å². The number of hydrogen-bond donors (Lipinski definition) is 1. The number of carbonyl (C=O) groups is 1. The van der Waals surface area contributed by atoms with Crippen LogP contribution in [0.15, 0.2) is 18.2 Å². The third kappa shape index (κ3) is 2.51. The van der Waals surface area contributed by atoms with Crippen molar-refractivity contribution in [3.63, 3.8) is 0 Å². The first-order chi connectivity index (χ1) is 10.1. The molecule has 0 radical (unpaired) electrons. The molecule has 21 heavy (non-hydrogen) atoms. The maximum Gasteiger partial charge on any atom is 0.359 e. The van der Waals surface area contributed by atoms with Crippen molar-refractivity contribution in [2.24, 2.45) is 7.05 Å². The van der Waals surface area contributed by atoms with Crippen LogP contribution in [0.25, 0.3) is 0 Å². The smallest absolute Gasteiger partial charge is 0.359 e. The second kappa shape index (κ2) is 5.24. The van der Waals surface area contributed by atoms with E-state index >= 15 is 0 Å². The van der Waals surface area contributed by atoms with Crippen LogP contribution in [-0.4, -0.2) is 15.7 Å². The summed E-state index contributed by atoms with van der Waals surface area (Å²) in [6.45, 7) is 2.03. The Hall–Kier alpha value is -2.30. The third-order valence-electron chi connectivity index (χ3n) is 3.99. The molecular formula is C16H19N3O2. The van der Waals surface area contributed by atoms with Crippen LogP contribution < -0.4 is 5.73 Å². The summed E-state index contributed by atoms with van der Waals surface area (Å²) in [6.07, 6.45) is 3.48. The molecule has 2 aromatic rings. The fourth-order valence-electron chi connectivity index (χ4n) is 2.85. The summed E-state index contributed by atoms with van der Waals surface area (Å²) in [5.74, 6) is -0.434. The average molecular weight is 285 g/mol. The SMILES string of the molecule is Cc1nn(C)c(C(=O)OCc2ccc3c(c2)CCC3)c1N. The van der Waals surface area contributed by atoms with Crippen LogP contribution in [0.2, 0.25) is 0 Å². The van der Waals surface area contributed by atoms with Gasteiger partial charge in [-0.15, -0.1) is 0 Å². The molecule has 0 amide bonds. The Morgan fingerprint density at radius 2 is 2.14 bits per heavy atom. The summed E-state index contributed by atoms with van der Waals surface area (Å²) in [5.41, 5.74) is 11.0. The molecule has 0 saturated heterocycles. The lowest BCUT2D eigenvalue weighted by atomic mass is 10.1. The Balaban J connectivity index is 1.71. The van der Waals surface area contributed by atoms with Crippen molar-refractivity contribution in [1.82, 2.24) is 9.78 Å². The molecular weight excluding hydrogens is 266 g/mol. The first-order valence-corrected chi connectivity index (χ1v) is 7.13. The zero-order valence-corrected chi connectivity index (χ0v) is 12.3. The van der Waals surface area contributed by atoms with Crippen molar-refractivity contribution in [2.75, 3.05) is 5.73 Å². The molecule has 1 aromatic heterocycles. The van der Waals surface area contributed by atoms with Gasteiger partial charge in [0.05, 0.1) is 11.4 Å². The van der Waals surface area contributed by atoms with Gasteiger partial charge in [0.2, 0.25) is 0 Å². The van der Waals surface area contributed by atoms with Crippen molar-refractivity contribution < 1.29 is 9.53 Å². The summed E-state index contributed by atoms with van der Waals surface area (Å²) in [6, 6.07) is 6.29. The van der Waals surface area contributed by atoms with E-state index in [0.29, 0.717) is 17.1 Å². The Labute approximate surface area is 123 Å². The Kier molecular flexibility index (Phi) is 3.41. The topological polar surface area (TPSA) is 70.1 Å². The van der Waals surface area contributed by atoms with Crippen molar-refractivity contribution in [1.29, 1.82) is 0 Å². The number of aromatic nitrogens is 2. The second-order valence-electron chi connectivity index (χ2n) is 5.50. The van der Waals surface area contributed by atoms with Crippen LogP contribution in [0.5, 0.6) is 0 Å². The molecule has 0 saturated carbocycles. The molecule has 0 fully saturated rings. The van der Waals surface area contributed by atoms with Crippen molar-refractivity contribution in [3.8, 4) is 0 Å². The number of benzene rings is 1. The zero-order chi connectivity index (χ0) is 15.0. The van der Waals surface area contributed by atoms with E-state index in [2.05, 4.69) is 17.2 Å². The summed E-state index contributed by atoms with van der Waals surface area (Å²) in [7, 11) is 1.69. The zero-order valence-electron chi connectivity index (χ0n) is 12.3. The predicted molar refractivity (Wildman–Crippen MR) is 79.9 cm³/mol. The molecule has 5 nitrogen and oxygen atoms in total.